The fourth-order valence-electron chi connectivity index (χ4n) is 2.63. The molecular formula is C17H25ClN6O3S2. The third-order valence-electron chi connectivity index (χ3n) is 4.27. The van der Waals surface area contributed by atoms with E-state index in [4.69, 9.17) is 16.3 Å². The number of thiophene rings is 1. The van der Waals surface area contributed by atoms with Crippen molar-refractivity contribution in [3.05, 3.63) is 35.1 Å². The maximum absolute atomic E-state index is 12.3. The quantitative estimate of drug-likeness (QED) is 0.414. The molecule has 3 aromatic heterocycles. The second-order valence-electron chi connectivity index (χ2n) is 6.51. The lowest BCUT2D eigenvalue weighted by molar-refractivity contribution is 0.204. The summed E-state index contributed by atoms with van der Waals surface area (Å²) in [6, 6.07) is 5.13. The summed E-state index contributed by atoms with van der Waals surface area (Å²) in [5.74, 6) is 1.95. The van der Waals surface area contributed by atoms with Crippen molar-refractivity contribution in [2.75, 3.05) is 25.6 Å². The molecule has 0 aromatic carbocycles. The molecule has 0 radical (unpaired) electrons. The number of anilines is 2. The number of hydrogen-bond donors (Lipinski definition) is 3. The Bertz CT molecular complexity index is 1120. The van der Waals surface area contributed by atoms with Gasteiger partial charge in [-0.1, -0.05) is 11.6 Å². The van der Waals surface area contributed by atoms with Crippen molar-refractivity contribution in [1.29, 1.82) is 0 Å². The van der Waals surface area contributed by atoms with Crippen molar-refractivity contribution in [3.8, 4) is 10.7 Å². The van der Waals surface area contributed by atoms with Crippen LogP contribution in [-0.2, 0) is 14.8 Å². The van der Waals surface area contributed by atoms with E-state index >= 15 is 0 Å². The van der Waals surface area contributed by atoms with Gasteiger partial charge in [-0.05, 0) is 25.0 Å². The lowest BCUT2D eigenvalue weighted by Crippen LogP contribution is -2.26. The van der Waals surface area contributed by atoms with Gasteiger partial charge in [-0.15, -0.1) is 11.3 Å². The Hall–Kier alpha value is -2.05. The molecule has 0 unspecified atom stereocenters. The zero-order valence-electron chi connectivity index (χ0n) is 15.5. The van der Waals surface area contributed by atoms with Crippen LogP contribution in [0.2, 0.25) is 5.02 Å². The predicted molar refractivity (Wildman–Crippen MR) is 118 cm³/mol. The van der Waals surface area contributed by atoms with Gasteiger partial charge in [-0.2, -0.15) is 5.10 Å². The average Bonchev–Trinajstić information content (AvgIpc) is 3.23. The SMILES string of the molecule is COCCNS(=O)(=O)c1ccc(-c2ncc(Cl)c(Nc3cc(C4CC4)[nH]n3)n2)s1.[HH].[HH].[HH]. The summed E-state index contributed by atoms with van der Waals surface area (Å²) in [6.45, 7) is 0.493. The maximum atomic E-state index is 12.3. The van der Waals surface area contributed by atoms with Crippen LogP contribution in [0.25, 0.3) is 10.7 Å². The van der Waals surface area contributed by atoms with Gasteiger partial charge in [-0.25, -0.2) is 23.1 Å². The maximum Gasteiger partial charge on any atom is 0.250 e. The molecule has 160 valence electrons. The number of ether oxygens (including phenoxy) is 1. The summed E-state index contributed by atoms with van der Waals surface area (Å²) in [7, 11) is -2.10. The number of aromatic amines is 1. The van der Waals surface area contributed by atoms with Crippen molar-refractivity contribution < 1.29 is 17.4 Å². The molecule has 4 rings (SSSR count). The number of H-pyrrole nitrogens is 1. The van der Waals surface area contributed by atoms with E-state index in [0.29, 0.717) is 39.9 Å². The topological polar surface area (TPSA) is 122 Å². The molecule has 0 bridgehead atoms. The molecule has 29 heavy (non-hydrogen) atoms. The van der Waals surface area contributed by atoms with Crippen LogP contribution in [0.15, 0.2) is 28.6 Å². The van der Waals surface area contributed by atoms with E-state index < -0.39 is 10.0 Å². The van der Waals surface area contributed by atoms with Crippen molar-refractivity contribution in [1.82, 2.24) is 24.9 Å². The smallest absolute Gasteiger partial charge is 0.250 e. The predicted octanol–water partition coefficient (Wildman–Crippen LogP) is 3.87. The summed E-state index contributed by atoms with van der Waals surface area (Å²) < 4.78 is 32.2. The minimum Gasteiger partial charge on any atom is -0.383 e. The lowest BCUT2D eigenvalue weighted by Gasteiger charge is -2.06. The van der Waals surface area contributed by atoms with Gasteiger partial charge in [-0.3, -0.25) is 5.10 Å². The summed E-state index contributed by atoms with van der Waals surface area (Å²) in [5.41, 5.74) is 1.09. The van der Waals surface area contributed by atoms with Crippen LogP contribution in [0.3, 0.4) is 0 Å². The number of aromatic nitrogens is 4. The Morgan fingerprint density at radius 1 is 1.41 bits per heavy atom. The van der Waals surface area contributed by atoms with Crippen LogP contribution in [0.4, 0.5) is 11.6 Å². The molecule has 3 aromatic rings. The summed E-state index contributed by atoms with van der Waals surface area (Å²) in [4.78, 5) is 9.28. The number of nitrogens with zero attached hydrogens (tertiary/aromatic N) is 3. The molecule has 3 N–H and O–H groups in total. The van der Waals surface area contributed by atoms with Gasteiger partial charge in [0.15, 0.2) is 17.5 Å². The zero-order valence-corrected chi connectivity index (χ0v) is 17.9. The minimum absolute atomic E-state index is 0. The molecule has 9 nitrogen and oxygen atoms in total. The van der Waals surface area contributed by atoms with Crippen LogP contribution in [0.5, 0.6) is 0 Å². The molecular weight excluding hydrogens is 436 g/mol. The van der Waals surface area contributed by atoms with Gasteiger partial charge >= 0.3 is 0 Å². The highest BCUT2D eigenvalue weighted by molar-refractivity contribution is 7.91. The highest BCUT2D eigenvalue weighted by Crippen LogP contribution is 2.40. The van der Waals surface area contributed by atoms with E-state index in [1.165, 1.54) is 32.2 Å². The molecule has 0 spiro atoms. The molecule has 0 atom stereocenters. The minimum atomic E-state index is -3.61. The van der Waals surface area contributed by atoms with E-state index in [-0.39, 0.29) is 15.0 Å². The molecule has 1 aliphatic rings. The van der Waals surface area contributed by atoms with Crippen LogP contribution >= 0.6 is 22.9 Å². The molecule has 3 heterocycles. The van der Waals surface area contributed by atoms with E-state index in [2.05, 4.69) is 30.2 Å². The first-order valence-corrected chi connectivity index (χ1v) is 11.6. The summed E-state index contributed by atoms with van der Waals surface area (Å²) in [5, 5.41) is 10.7. The number of hydrogen-bond acceptors (Lipinski definition) is 8. The third kappa shape index (κ3) is 4.75. The van der Waals surface area contributed by atoms with Gasteiger partial charge in [0.2, 0.25) is 10.0 Å². The number of halogens is 1. The van der Waals surface area contributed by atoms with Gasteiger partial charge in [0, 0.05) is 35.6 Å². The van der Waals surface area contributed by atoms with Crippen LogP contribution in [-0.4, -0.2) is 48.8 Å². The van der Waals surface area contributed by atoms with Gasteiger partial charge in [0.05, 0.1) is 17.7 Å². The monoisotopic (exact) mass is 460 g/mol. The average molecular weight is 461 g/mol. The Balaban J connectivity index is 0.00000171. The normalized spacial score (nSPS) is 14.3. The van der Waals surface area contributed by atoms with E-state index in [0.717, 1.165) is 17.0 Å². The van der Waals surface area contributed by atoms with Crippen LogP contribution < -0.4 is 10.0 Å². The van der Waals surface area contributed by atoms with Crippen molar-refractivity contribution in [3.63, 3.8) is 0 Å². The van der Waals surface area contributed by atoms with Crippen molar-refractivity contribution >= 4 is 44.6 Å². The van der Waals surface area contributed by atoms with Gasteiger partial charge in [0.1, 0.15) is 9.23 Å². The molecule has 0 aliphatic heterocycles. The Kier molecular flexibility index (Phi) is 5.83. The van der Waals surface area contributed by atoms with Gasteiger partial charge in [0.25, 0.3) is 0 Å². The molecule has 1 aliphatic carbocycles. The van der Waals surface area contributed by atoms with Crippen molar-refractivity contribution in [2.24, 2.45) is 0 Å². The molecule has 0 amide bonds. The Morgan fingerprint density at radius 2 is 2.24 bits per heavy atom. The fraction of sp³-hybridized carbons (Fsp3) is 0.353. The number of methoxy groups -OCH3 is 1. The summed E-state index contributed by atoms with van der Waals surface area (Å²) in [6.07, 6.45) is 3.82. The van der Waals surface area contributed by atoms with E-state index in [9.17, 15) is 8.42 Å². The first-order chi connectivity index (χ1) is 14.0. The number of sulfonamides is 1. The molecule has 0 saturated heterocycles. The third-order valence-corrected chi connectivity index (χ3v) is 7.58. The summed E-state index contributed by atoms with van der Waals surface area (Å²) >= 11 is 7.30. The van der Waals surface area contributed by atoms with E-state index in [1.54, 1.807) is 6.07 Å². The lowest BCUT2D eigenvalue weighted by atomic mass is 10.3. The second-order valence-corrected chi connectivity index (χ2v) is 9.99. The molecule has 1 fully saturated rings. The van der Waals surface area contributed by atoms with Gasteiger partial charge < -0.3 is 10.1 Å². The highest BCUT2D eigenvalue weighted by Gasteiger charge is 2.25. The molecule has 12 heteroatoms. The number of nitrogens with one attached hydrogen (secondary N) is 3. The fourth-order valence-corrected chi connectivity index (χ4v) is 5.08. The first-order valence-electron chi connectivity index (χ1n) is 8.90. The first kappa shape index (κ1) is 20.2. The molecule has 1 saturated carbocycles. The Morgan fingerprint density at radius 3 is 3.00 bits per heavy atom. The highest BCUT2D eigenvalue weighted by atomic mass is 35.5. The van der Waals surface area contributed by atoms with E-state index in [1.807, 2.05) is 6.07 Å². The number of rotatable bonds is 9. The second kappa shape index (κ2) is 8.36. The van der Waals surface area contributed by atoms with Crippen molar-refractivity contribution in [2.45, 2.75) is 23.0 Å². The Labute approximate surface area is 181 Å². The standard InChI is InChI=1S/C17H19ClN6O3S2.3H2/c1-27-7-6-20-29(25,26)15-5-4-13(28-15)17-19-9-11(18)16(22-17)21-14-8-12(23-24-14)10-2-3-10;;;/h4-5,8-10,20H,2-3,6-7H2,1H3,(H2,19,21,22,23,24);3*1H. The largest absolute Gasteiger partial charge is 0.383 e. The zero-order chi connectivity index (χ0) is 20.4. The van der Waals surface area contributed by atoms with Crippen LogP contribution in [0.1, 0.15) is 28.7 Å². The van der Waals surface area contributed by atoms with Crippen LogP contribution in [0, 0.1) is 0 Å².